The molecule has 0 saturated heterocycles. The van der Waals surface area contributed by atoms with Gasteiger partial charge in [-0.3, -0.25) is 4.72 Å². The summed E-state index contributed by atoms with van der Waals surface area (Å²) in [5.74, 6) is 0. The molecule has 142 valence electrons. The van der Waals surface area contributed by atoms with Crippen molar-refractivity contribution >= 4 is 53.1 Å². The van der Waals surface area contributed by atoms with E-state index < -0.39 is 36.5 Å². The van der Waals surface area contributed by atoms with E-state index in [4.69, 9.17) is 11.6 Å². The Morgan fingerprint density at radius 2 is 1.65 bits per heavy atom. The Bertz CT molecular complexity index is 1070. The molecule has 0 aromatic heterocycles. The monoisotopic (exact) mass is 491 g/mol. The molecule has 2 rings (SSSR count). The molecule has 0 aliphatic carbocycles. The molecule has 0 aliphatic rings. The number of benzene rings is 2. The number of sulfone groups is 1. The fourth-order valence-corrected chi connectivity index (χ4v) is 4.71. The Labute approximate surface area is 161 Å². The van der Waals surface area contributed by atoms with Gasteiger partial charge in [0.25, 0.3) is 10.0 Å². The predicted molar refractivity (Wildman–Crippen MR) is 94.5 cm³/mol. The third kappa shape index (κ3) is 4.70. The molecule has 0 spiro atoms. The largest absolute Gasteiger partial charge is 0.417 e. The van der Waals surface area contributed by atoms with E-state index in [2.05, 4.69) is 15.9 Å². The first kappa shape index (κ1) is 21.0. The topological polar surface area (TPSA) is 80.3 Å². The molecule has 0 saturated carbocycles. The quantitative estimate of drug-likeness (QED) is 0.689. The van der Waals surface area contributed by atoms with Crippen molar-refractivity contribution in [1.29, 1.82) is 0 Å². The lowest BCUT2D eigenvalue weighted by atomic mass is 10.2. The zero-order chi connectivity index (χ0) is 19.9. The van der Waals surface area contributed by atoms with E-state index in [1.54, 1.807) is 0 Å². The van der Waals surface area contributed by atoms with Crippen LogP contribution in [-0.2, 0) is 26.0 Å². The highest BCUT2D eigenvalue weighted by Crippen LogP contribution is 2.37. The summed E-state index contributed by atoms with van der Waals surface area (Å²) in [7, 11) is -8.14. The van der Waals surface area contributed by atoms with E-state index in [1.807, 2.05) is 4.72 Å². The molecule has 0 radical (unpaired) electrons. The van der Waals surface area contributed by atoms with Crippen molar-refractivity contribution in [2.75, 3.05) is 11.0 Å². The minimum atomic E-state index is -4.70. The van der Waals surface area contributed by atoms with Crippen LogP contribution < -0.4 is 4.72 Å². The van der Waals surface area contributed by atoms with E-state index in [0.717, 1.165) is 36.6 Å². The summed E-state index contributed by atoms with van der Waals surface area (Å²) >= 11 is 8.57. The maximum absolute atomic E-state index is 12.9. The first-order valence-electron chi connectivity index (χ1n) is 6.61. The van der Waals surface area contributed by atoms with Gasteiger partial charge in [0.1, 0.15) is 4.90 Å². The first-order chi connectivity index (χ1) is 11.7. The molecular formula is C14H10BrClF3NO4S2. The van der Waals surface area contributed by atoms with Gasteiger partial charge in [0, 0.05) is 16.4 Å². The molecule has 1 N–H and O–H groups in total. The molecule has 0 atom stereocenters. The van der Waals surface area contributed by atoms with Gasteiger partial charge in [-0.1, -0.05) is 27.5 Å². The van der Waals surface area contributed by atoms with E-state index in [1.165, 1.54) is 0 Å². The number of hydrogen-bond acceptors (Lipinski definition) is 4. The van der Waals surface area contributed by atoms with E-state index in [-0.39, 0.29) is 20.1 Å². The van der Waals surface area contributed by atoms with Crippen LogP contribution in [0.4, 0.5) is 18.9 Å². The lowest BCUT2D eigenvalue weighted by Gasteiger charge is -2.14. The summed E-state index contributed by atoms with van der Waals surface area (Å²) in [6.07, 6.45) is -3.82. The summed E-state index contributed by atoms with van der Waals surface area (Å²) in [6, 6.07) is 5.80. The van der Waals surface area contributed by atoms with Crippen molar-refractivity contribution in [3.05, 3.63) is 51.5 Å². The highest BCUT2D eigenvalue weighted by molar-refractivity contribution is 9.10. The fourth-order valence-electron chi connectivity index (χ4n) is 1.94. The summed E-state index contributed by atoms with van der Waals surface area (Å²) in [5.41, 5.74) is -1.44. The third-order valence-corrected chi connectivity index (χ3v) is 6.81. The number of nitrogens with one attached hydrogen (secondary N) is 1. The van der Waals surface area contributed by atoms with Gasteiger partial charge >= 0.3 is 6.18 Å². The zero-order valence-electron chi connectivity index (χ0n) is 12.8. The van der Waals surface area contributed by atoms with Crippen molar-refractivity contribution in [3.63, 3.8) is 0 Å². The van der Waals surface area contributed by atoms with Gasteiger partial charge in [-0.25, -0.2) is 16.8 Å². The Kier molecular flexibility index (Phi) is 5.67. The molecule has 5 nitrogen and oxygen atoms in total. The Morgan fingerprint density at radius 1 is 1.04 bits per heavy atom. The van der Waals surface area contributed by atoms with Crippen molar-refractivity contribution in [2.24, 2.45) is 0 Å². The van der Waals surface area contributed by atoms with Gasteiger partial charge in [-0.15, -0.1) is 0 Å². The Hall–Kier alpha value is -1.30. The van der Waals surface area contributed by atoms with Gasteiger partial charge in [0.2, 0.25) is 0 Å². The number of rotatable bonds is 4. The molecule has 0 aliphatic heterocycles. The number of halogens is 5. The van der Waals surface area contributed by atoms with Gasteiger partial charge in [0.15, 0.2) is 9.84 Å². The smallest absolute Gasteiger partial charge is 0.280 e. The average Bonchev–Trinajstić information content (AvgIpc) is 2.47. The van der Waals surface area contributed by atoms with E-state index >= 15 is 0 Å². The van der Waals surface area contributed by atoms with Crippen molar-refractivity contribution in [1.82, 2.24) is 0 Å². The second kappa shape index (κ2) is 7.02. The van der Waals surface area contributed by atoms with Crippen LogP contribution in [-0.4, -0.2) is 23.1 Å². The summed E-state index contributed by atoms with van der Waals surface area (Å²) < 4.78 is 88.6. The molecule has 2 aromatic carbocycles. The molecule has 0 fully saturated rings. The molecule has 26 heavy (non-hydrogen) atoms. The molecule has 0 unspecified atom stereocenters. The number of anilines is 1. The lowest BCUT2D eigenvalue weighted by Crippen LogP contribution is -2.15. The van der Waals surface area contributed by atoms with Gasteiger partial charge in [-0.05, 0) is 36.4 Å². The number of sulfonamides is 1. The molecule has 12 heteroatoms. The van der Waals surface area contributed by atoms with E-state index in [0.29, 0.717) is 6.07 Å². The average molecular weight is 493 g/mol. The molecule has 0 amide bonds. The van der Waals surface area contributed by atoms with Crippen LogP contribution in [0.5, 0.6) is 0 Å². The van der Waals surface area contributed by atoms with E-state index in [9.17, 15) is 30.0 Å². The Morgan fingerprint density at radius 3 is 2.19 bits per heavy atom. The normalized spacial score (nSPS) is 12.8. The van der Waals surface area contributed by atoms with Crippen LogP contribution in [0.2, 0.25) is 5.02 Å². The minimum absolute atomic E-state index is 0.259. The summed E-state index contributed by atoms with van der Waals surface area (Å²) in [6.45, 7) is 0. The molecule has 0 heterocycles. The minimum Gasteiger partial charge on any atom is -0.280 e. The predicted octanol–water partition coefficient (Wildman–Crippen LogP) is 4.33. The SMILES string of the molecule is CS(=O)(=O)c1ccc(Cl)c(S(=O)(=O)Nc2ccc(Br)c(C(F)(F)F)c2)c1. The second-order valence-electron chi connectivity index (χ2n) is 5.16. The number of hydrogen-bond donors (Lipinski definition) is 1. The highest BCUT2D eigenvalue weighted by atomic mass is 79.9. The van der Waals surface area contributed by atoms with Gasteiger partial charge < -0.3 is 0 Å². The standard InChI is InChI=1S/C14H10BrClF3NO4S2/c1-25(21,22)9-3-5-12(16)13(7-9)26(23,24)20-8-2-4-11(15)10(6-8)14(17,18)19/h2-7,20H,1H3. The van der Waals surface area contributed by atoms with Crippen LogP contribution in [0.25, 0.3) is 0 Å². The molecule has 0 bridgehead atoms. The van der Waals surface area contributed by atoms with Crippen molar-refractivity contribution < 1.29 is 30.0 Å². The third-order valence-electron chi connectivity index (χ3n) is 3.14. The van der Waals surface area contributed by atoms with Gasteiger partial charge in [0.05, 0.1) is 15.5 Å². The highest BCUT2D eigenvalue weighted by Gasteiger charge is 2.33. The van der Waals surface area contributed by atoms with Crippen molar-refractivity contribution in [2.45, 2.75) is 16.0 Å². The zero-order valence-corrected chi connectivity index (χ0v) is 16.8. The maximum Gasteiger partial charge on any atom is 0.417 e. The first-order valence-corrected chi connectivity index (χ1v) is 11.2. The number of alkyl halides is 3. The van der Waals surface area contributed by atoms with Crippen LogP contribution in [0.3, 0.4) is 0 Å². The van der Waals surface area contributed by atoms with Gasteiger partial charge in [-0.2, -0.15) is 13.2 Å². The van der Waals surface area contributed by atoms with Crippen LogP contribution in [0.1, 0.15) is 5.56 Å². The van der Waals surface area contributed by atoms with Crippen molar-refractivity contribution in [3.8, 4) is 0 Å². The molecular weight excluding hydrogens is 483 g/mol. The summed E-state index contributed by atoms with van der Waals surface area (Å²) in [5, 5.41) is -0.280. The summed E-state index contributed by atoms with van der Waals surface area (Å²) in [4.78, 5) is -0.868. The Balaban J connectivity index is 2.51. The fraction of sp³-hybridized carbons (Fsp3) is 0.143. The maximum atomic E-state index is 12.9. The lowest BCUT2D eigenvalue weighted by molar-refractivity contribution is -0.138. The van der Waals surface area contributed by atoms with Crippen LogP contribution in [0.15, 0.2) is 50.7 Å². The second-order valence-corrected chi connectivity index (χ2v) is 10.1. The van der Waals surface area contributed by atoms with Crippen LogP contribution in [0, 0.1) is 0 Å². The molecule has 2 aromatic rings. The van der Waals surface area contributed by atoms with Crippen LogP contribution >= 0.6 is 27.5 Å².